The van der Waals surface area contributed by atoms with E-state index in [9.17, 15) is 44.6 Å². The lowest BCUT2D eigenvalue weighted by molar-refractivity contribution is -0.438. The fourth-order valence-electron chi connectivity index (χ4n) is 8.01. The normalized spacial score (nSPS) is 17.2. The molecule has 2 aliphatic heterocycles. The standard InChI is InChI=1S/C42H50N2O14S4/c1-41(2)34-27-31(56-60(48)49)17-19-36(34)43(23-9-25-59-58-57-47)38(41)21-15-30(33-13-7-5-11-29(33)12-6-8-14-40(45)46)16-22-39-42(3,4)35-28-32(62(53,54)55)18-20-37(35)44(39)24-10-26-61(50,51)52/h5,7,11,13,15-22,27-28H,6,8-10,12,14,23-26H2,1-4H3,(H4-,45,46,47,48,49,50,51,52,53,54,55)/p+1. The van der Waals surface area contributed by atoms with Crippen molar-refractivity contribution in [1.82, 2.24) is 0 Å². The topological polar surface area (TPSA) is 238 Å². The van der Waals surface area contributed by atoms with Crippen LogP contribution < -0.4 is 9.08 Å². The number of hydrogen-bond acceptors (Lipinski definition) is 12. The van der Waals surface area contributed by atoms with E-state index < -0.39 is 54.1 Å². The van der Waals surface area contributed by atoms with Gasteiger partial charge in [-0.15, -0.1) is 4.33 Å². The molecule has 1 atom stereocenters. The van der Waals surface area contributed by atoms with E-state index in [4.69, 9.17) is 9.44 Å². The maximum atomic E-state index is 12.2. The first-order valence-electron chi connectivity index (χ1n) is 19.6. The molecule has 20 heteroatoms. The van der Waals surface area contributed by atoms with Gasteiger partial charge in [-0.2, -0.15) is 25.6 Å². The molecule has 0 saturated heterocycles. The van der Waals surface area contributed by atoms with Gasteiger partial charge in [-0.1, -0.05) is 49.2 Å². The summed E-state index contributed by atoms with van der Waals surface area (Å²) in [4.78, 5) is 12.9. The average molecular weight is 936 g/mol. The zero-order valence-corrected chi connectivity index (χ0v) is 37.9. The van der Waals surface area contributed by atoms with Gasteiger partial charge in [0.2, 0.25) is 5.69 Å². The van der Waals surface area contributed by atoms with Crippen molar-refractivity contribution < 1.29 is 68.0 Å². The molecule has 336 valence electrons. The van der Waals surface area contributed by atoms with Crippen molar-refractivity contribution in [1.29, 1.82) is 0 Å². The molecule has 0 fully saturated rings. The fourth-order valence-corrected chi connectivity index (χ4v) is 9.64. The van der Waals surface area contributed by atoms with Crippen molar-refractivity contribution in [3.05, 3.63) is 113 Å². The Labute approximate surface area is 368 Å². The predicted molar refractivity (Wildman–Crippen MR) is 237 cm³/mol. The molecule has 3 aromatic carbocycles. The molecular weight excluding hydrogens is 885 g/mol. The Morgan fingerprint density at radius 2 is 1.68 bits per heavy atom. The zero-order valence-electron chi connectivity index (χ0n) is 34.6. The number of aryl methyl sites for hydroxylation is 1. The summed E-state index contributed by atoms with van der Waals surface area (Å²) in [6, 6.07) is 17.2. The Balaban J connectivity index is 1.68. The highest BCUT2D eigenvalue weighted by molar-refractivity contribution is 7.94. The van der Waals surface area contributed by atoms with Gasteiger partial charge in [0, 0.05) is 71.7 Å². The lowest BCUT2D eigenvalue weighted by Gasteiger charge is -2.27. The van der Waals surface area contributed by atoms with Crippen molar-refractivity contribution in [3.63, 3.8) is 0 Å². The number of unbranched alkanes of at least 4 members (excludes halogenated alkanes) is 1. The zero-order chi connectivity index (χ0) is 45.5. The molecule has 5 N–H and O–H groups in total. The molecule has 0 amide bonds. The summed E-state index contributed by atoms with van der Waals surface area (Å²) in [7, 11) is -8.85. The van der Waals surface area contributed by atoms with Crippen LogP contribution >= 0.6 is 12.0 Å². The largest absolute Gasteiger partial charge is 0.481 e. The third-order valence-electron chi connectivity index (χ3n) is 10.9. The molecule has 16 nitrogen and oxygen atoms in total. The van der Waals surface area contributed by atoms with Crippen molar-refractivity contribution in [2.24, 2.45) is 0 Å². The summed E-state index contributed by atoms with van der Waals surface area (Å²) in [5, 5.41) is 21.6. The molecule has 0 saturated carbocycles. The molecule has 0 radical (unpaired) electrons. The summed E-state index contributed by atoms with van der Waals surface area (Å²) in [5.41, 5.74) is 5.45. The Kier molecular flexibility index (Phi) is 16.2. The number of allylic oxidation sites excluding steroid dienone is 6. The van der Waals surface area contributed by atoms with Crippen LogP contribution in [-0.2, 0) is 63.0 Å². The van der Waals surface area contributed by atoms with Crippen molar-refractivity contribution in [2.45, 2.75) is 81.9 Å². The van der Waals surface area contributed by atoms with Crippen LogP contribution in [0.3, 0.4) is 0 Å². The van der Waals surface area contributed by atoms with Gasteiger partial charge in [0.15, 0.2) is 5.71 Å². The van der Waals surface area contributed by atoms with E-state index in [1.54, 1.807) is 18.2 Å². The smallest absolute Gasteiger partial charge is 0.357 e. The van der Waals surface area contributed by atoms with Gasteiger partial charge in [0.05, 0.1) is 16.1 Å². The van der Waals surface area contributed by atoms with Crippen LogP contribution in [0.2, 0.25) is 0 Å². The summed E-state index contributed by atoms with van der Waals surface area (Å²) in [6.07, 6.45) is 10.1. The van der Waals surface area contributed by atoms with Gasteiger partial charge in [0.25, 0.3) is 20.2 Å². The van der Waals surface area contributed by atoms with E-state index in [-0.39, 0.29) is 30.0 Å². The second-order valence-electron chi connectivity index (χ2n) is 15.8. The van der Waals surface area contributed by atoms with E-state index in [2.05, 4.69) is 13.9 Å². The average Bonchev–Trinajstić information content (AvgIpc) is 3.53. The molecular formula is C42H51N2O14S4+. The van der Waals surface area contributed by atoms with Crippen LogP contribution in [0.1, 0.15) is 82.1 Å². The maximum Gasteiger partial charge on any atom is 0.357 e. The summed E-state index contributed by atoms with van der Waals surface area (Å²) in [5.74, 6) is -0.709. The first kappa shape index (κ1) is 48.8. The van der Waals surface area contributed by atoms with Crippen LogP contribution in [-0.4, -0.2) is 85.9 Å². The first-order valence-corrected chi connectivity index (χ1v) is 24.6. The number of nitrogens with zero attached hydrogens (tertiary/aromatic N) is 2. The number of carboxylic acid groups (broad SMARTS) is 1. The van der Waals surface area contributed by atoms with E-state index in [0.29, 0.717) is 54.9 Å². The van der Waals surface area contributed by atoms with Gasteiger partial charge in [-0.3, -0.25) is 18.5 Å². The molecule has 62 heavy (non-hydrogen) atoms. The highest BCUT2D eigenvalue weighted by Gasteiger charge is 2.45. The van der Waals surface area contributed by atoms with E-state index in [1.807, 2.05) is 87.2 Å². The fraction of sp³-hybridized carbons (Fsp3) is 0.381. The van der Waals surface area contributed by atoms with Crippen LogP contribution in [0.25, 0.3) is 5.57 Å². The minimum absolute atomic E-state index is 0.0294. The molecule has 0 bridgehead atoms. The number of aliphatic carboxylic acids is 1. The molecule has 1 unspecified atom stereocenters. The minimum atomic E-state index is -4.56. The molecule has 5 rings (SSSR count). The number of anilines is 1. The number of fused-ring (bicyclic) bond motifs is 2. The quantitative estimate of drug-likeness (QED) is 0.00949. The second-order valence-corrected chi connectivity index (χ2v) is 20.2. The highest BCUT2D eigenvalue weighted by atomic mass is 32.2. The summed E-state index contributed by atoms with van der Waals surface area (Å²) < 4.78 is 100. The number of hydrogen-bond donors (Lipinski definition) is 5. The number of carboxylic acids is 1. The van der Waals surface area contributed by atoms with Gasteiger partial charge in [-0.25, -0.2) is 5.26 Å². The third kappa shape index (κ3) is 12.1. The Morgan fingerprint density at radius 3 is 2.35 bits per heavy atom. The van der Waals surface area contributed by atoms with Crippen LogP contribution in [0.4, 0.5) is 11.4 Å². The highest BCUT2D eigenvalue weighted by Crippen LogP contribution is 2.49. The van der Waals surface area contributed by atoms with E-state index in [1.165, 1.54) is 12.1 Å². The number of rotatable bonds is 22. The van der Waals surface area contributed by atoms with Crippen molar-refractivity contribution in [2.75, 3.05) is 29.5 Å². The lowest BCUT2D eigenvalue weighted by atomic mass is 9.81. The molecule has 0 spiro atoms. The van der Waals surface area contributed by atoms with Crippen molar-refractivity contribution >= 4 is 72.3 Å². The first-order chi connectivity index (χ1) is 29.1. The monoisotopic (exact) mass is 935 g/mol. The molecule has 2 aliphatic rings. The second kappa shape index (κ2) is 20.5. The van der Waals surface area contributed by atoms with Gasteiger partial charge in [0.1, 0.15) is 12.3 Å². The summed E-state index contributed by atoms with van der Waals surface area (Å²) >= 11 is -1.61. The predicted octanol–water partition coefficient (Wildman–Crippen LogP) is 7.68. The third-order valence-corrected chi connectivity index (χ3v) is 13.5. The number of benzene rings is 3. The summed E-state index contributed by atoms with van der Waals surface area (Å²) in [6.45, 7) is 8.47. The molecule has 3 aromatic rings. The Morgan fingerprint density at radius 1 is 0.935 bits per heavy atom. The van der Waals surface area contributed by atoms with Gasteiger partial charge < -0.3 is 14.2 Å². The molecule has 2 heterocycles. The van der Waals surface area contributed by atoms with Crippen molar-refractivity contribution in [3.8, 4) is 5.75 Å². The van der Waals surface area contributed by atoms with Crippen LogP contribution in [0.5, 0.6) is 5.75 Å². The lowest BCUT2D eigenvalue weighted by Crippen LogP contribution is -2.28. The minimum Gasteiger partial charge on any atom is -0.481 e. The van der Waals surface area contributed by atoms with Crippen LogP contribution in [0, 0.1) is 0 Å². The SMILES string of the molecule is CC1(C)C(=CC=C(C=CC2=[N+](CCCSOOO)c3ccc(OS(=O)O)cc3C2(C)C)c2ccccc2CCCCC(=O)O)N(CCCS(=O)(=O)O)c2ccc(S(=O)(=O)O)cc21. The van der Waals surface area contributed by atoms with E-state index in [0.717, 1.165) is 45.7 Å². The van der Waals surface area contributed by atoms with Crippen LogP contribution in [0.15, 0.2) is 95.6 Å². The molecule has 0 aliphatic carbocycles. The Hall–Kier alpha value is -4.22. The Bertz CT molecular complexity index is 2530. The number of carbonyl (C=O) groups is 1. The molecule has 0 aromatic heterocycles. The van der Waals surface area contributed by atoms with E-state index >= 15 is 0 Å². The van der Waals surface area contributed by atoms with Gasteiger partial charge in [-0.05, 0) is 104 Å². The maximum absolute atomic E-state index is 12.2. The van der Waals surface area contributed by atoms with Gasteiger partial charge >= 0.3 is 17.3 Å².